The minimum absolute atomic E-state index is 0.0746. The summed E-state index contributed by atoms with van der Waals surface area (Å²) in [6.07, 6.45) is -4.75. The van der Waals surface area contributed by atoms with Gasteiger partial charge in [-0.05, 0) is 0 Å². The van der Waals surface area contributed by atoms with E-state index in [4.69, 9.17) is 5.11 Å². The van der Waals surface area contributed by atoms with Crippen LogP contribution < -0.4 is 10.6 Å². The van der Waals surface area contributed by atoms with Crippen LogP contribution in [-0.4, -0.2) is 42.0 Å². The number of hydrogen-bond acceptors (Lipinski definition) is 4. The third-order valence-corrected chi connectivity index (χ3v) is 1.83. The Bertz CT molecular complexity index is 247. The molecule has 1 rings (SSSR count). The van der Waals surface area contributed by atoms with Gasteiger partial charge in [0, 0.05) is 6.54 Å². The summed E-state index contributed by atoms with van der Waals surface area (Å²) in [5, 5.41) is 13.1. The van der Waals surface area contributed by atoms with Crippen LogP contribution in [0, 0.1) is 0 Å². The van der Waals surface area contributed by atoms with Crippen molar-refractivity contribution in [2.75, 3.05) is 6.54 Å². The van der Waals surface area contributed by atoms with Crippen LogP contribution in [0.3, 0.4) is 0 Å². The lowest BCUT2D eigenvalue weighted by molar-refractivity contribution is -0.125. The molecule has 0 aliphatic carbocycles. The van der Waals surface area contributed by atoms with E-state index in [0.29, 0.717) is 0 Å². The van der Waals surface area contributed by atoms with E-state index in [1.165, 1.54) is 0 Å². The van der Waals surface area contributed by atoms with E-state index < -0.39 is 36.9 Å². The largest absolute Gasteiger partial charge is 0.386 e. The van der Waals surface area contributed by atoms with Gasteiger partial charge in [0.25, 0.3) is 6.43 Å². The normalized spacial score (nSPS) is 24.1. The van der Waals surface area contributed by atoms with Gasteiger partial charge in [-0.2, -0.15) is 0 Å². The van der Waals surface area contributed by atoms with Crippen LogP contribution in [-0.2, 0) is 9.59 Å². The Morgan fingerprint density at radius 1 is 1.57 bits per heavy atom. The maximum Gasteiger partial charge on any atom is 0.265 e. The van der Waals surface area contributed by atoms with Crippen molar-refractivity contribution in [1.29, 1.82) is 0 Å². The second kappa shape index (κ2) is 4.43. The highest BCUT2D eigenvalue weighted by molar-refractivity contribution is 6.05. The molecule has 0 radical (unpaired) electrons. The van der Waals surface area contributed by atoms with Gasteiger partial charge in [0.15, 0.2) is 0 Å². The molecule has 1 saturated heterocycles. The second-order valence-electron chi connectivity index (χ2n) is 2.98. The lowest BCUT2D eigenvalue weighted by Gasteiger charge is -2.13. The minimum atomic E-state index is -2.86. The SMILES string of the molecule is O=C1CC(NCC(O)C(F)F)C(=O)N1. The fourth-order valence-corrected chi connectivity index (χ4v) is 1.07. The Balaban J connectivity index is 2.32. The fourth-order valence-electron chi connectivity index (χ4n) is 1.07. The van der Waals surface area contributed by atoms with Crippen LogP contribution in [0.15, 0.2) is 0 Å². The van der Waals surface area contributed by atoms with Gasteiger partial charge in [0.05, 0.1) is 12.5 Å². The van der Waals surface area contributed by atoms with Gasteiger partial charge in [-0.15, -0.1) is 0 Å². The molecule has 1 aliphatic heterocycles. The maximum atomic E-state index is 11.8. The van der Waals surface area contributed by atoms with E-state index in [1.54, 1.807) is 0 Å². The first kappa shape index (κ1) is 11.0. The number of alkyl halides is 2. The highest BCUT2D eigenvalue weighted by Crippen LogP contribution is 2.03. The molecule has 3 N–H and O–H groups in total. The Morgan fingerprint density at radius 3 is 2.64 bits per heavy atom. The second-order valence-corrected chi connectivity index (χ2v) is 2.98. The predicted molar refractivity (Wildman–Crippen MR) is 41.6 cm³/mol. The highest BCUT2D eigenvalue weighted by atomic mass is 19.3. The standard InChI is InChI=1S/C7H10F2N2O3/c8-6(9)4(12)2-10-3-1-5(13)11-7(3)14/h3-4,6,10,12H,1-2H2,(H,11,13,14). The summed E-state index contributed by atoms with van der Waals surface area (Å²) in [5.74, 6) is -0.990. The smallest absolute Gasteiger partial charge is 0.265 e. The van der Waals surface area contributed by atoms with Crippen LogP contribution in [0.4, 0.5) is 8.78 Å². The average Bonchev–Trinajstić information content (AvgIpc) is 2.40. The van der Waals surface area contributed by atoms with Crippen molar-refractivity contribution in [2.45, 2.75) is 25.0 Å². The van der Waals surface area contributed by atoms with Crippen LogP contribution >= 0.6 is 0 Å². The summed E-state index contributed by atoms with van der Waals surface area (Å²) >= 11 is 0. The van der Waals surface area contributed by atoms with E-state index in [-0.39, 0.29) is 6.42 Å². The molecule has 7 heteroatoms. The van der Waals surface area contributed by atoms with E-state index in [1.807, 2.05) is 5.32 Å². The molecule has 1 fully saturated rings. The molecule has 2 amide bonds. The molecule has 14 heavy (non-hydrogen) atoms. The number of halogens is 2. The van der Waals surface area contributed by atoms with Crippen molar-refractivity contribution >= 4 is 11.8 Å². The average molecular weight is 208 g/mol. The van der Waals surface area contributed by atoms with E-state index in [2.05, 4.69) is 5.32 Å². The number of aliphatic hydroxyl groups excluding tert-OH is 1. The lowest BCUT2D eigenvalue weighted by Crippen LogP contribution is -2.42. The molecular weight excluding hydrogens is 198 g/mol. The number of carbonyl (C=O) groups is 2. The minimum Gasteiger partial charge on any atom is -0.386 e. The summed E-state index contributed by atoms with van der Waals surface area (Å²) in [6, 6.07) is -0.809. The highest BCUT2D eigenvalue weighted by Gasteiger charge is 2.31. The zero-order valence-corrected chi connectivity index (χ0v) is 7.17. The fraction of sp³-hybridized carbons (Fsp3) is 0.714. The van der Waals surface area contributed by atoms with Crippen molar-refractivity contribution in [1.82, 2.24) is 10.6 Å². The molecule has 0 aromatic carbocycles. The maximum absolute atomic E-state index is 11.8. The molecule has 5 nitrogen and oxygen atoms in total. The number of nitrogens with one attached hydrogen (secondary N) is 2. The lowest BCUT2D eigenvalue weighted by atomic mass is 10.2. The summed E-state index contributed by atoms with van der Waals surface area (Å²) < 4.78 is 23.6. The summed E-state index contributed by atoms with van der Waals surface area (Å²) in [7, 11) is 0. The van der Waals surface area contributed by atoms with Crippen molar-refractivity contribution in [3.8, 4) is 0 Å². The van der Waals surface area contributed by atoms with Gasteiger partial charge >= 0.3 is 0 Å². The number of rotatable bonds is 4. The molecule has 1 heterocycles. The van der Waals surface area contributed by atoms with Gasteiger partial charge in [0.1, 0.15) is 6.10 Å². The monoisotopic (exact) mass is 208 g/mol. The molecule has 2 unspecified atom stereocenters. The van der Waals surface area contributed by atoms with Crippen LogP contribution in [0.5, 0.6) is 0 Å². The predicted octanol–water partition coefficient (Wildman–Crippen LogP) is -1.38. The summed E-state index contributed by atoms with van der Waals surface area (Å²) in [4.78, 5) is 21.6. The number of imide groups is 1. The Hall–Kier alpha value is -1.08. The Morgan fingerprint density at radius 2 is 2.21 bits per heavy atom. The molecule has 0 bridgehead atoms. The van der Waals surface area contributed by atoms with Gasteiger partial charge in [-0.3, -0.25) is 14.9 Å². The first-order valence-corrected chi connectivity index (χ1v) is 4.04. The molecule has 0 aromatic heterocycles. The molecule has 2 atom stereocenters. The van der Waals surface area contributed by atoms with Crippen molar-refractivity contribution in [3.63, 3.8) is 0 Å². The molecule has 1 aliphatic rings. The third-order valence-electron chi connectivity index (χ3n) is 1.83. The van der Waals surface area contributed by atoms with E-state index in [9.17, 15) is 18.4 Å². The molecular formula is C7H10F2N2O3. The third kappa shape index (κ3) is 2.71. The molecule has 0 aromatic rings. The Kier molecular flexibility index (Phi) is 3.48. The van der Waals surface area contributed by atoms with E-state index >= 15 is 0 Å². The van der Waals surface area contributed by atoms with Crippen LogP contribution in [0.1, 0.15) is 6.42 Å². The molecule has 0 saturated carbocycles. The van der Waals surface area contributed by atoms with Crippen LogP contribution in [0.2, 0.25) is 0 Å². The zero-order chi connectivity index (χ0) is 10.7. The van der Waals surface area contributed by atoms with Crippen LogP contribution in [0.25, 0.3) is 0 Å². The summed E-state index contributed by atoms with van der Waals surface area (Å²) in [6.45, 7) is -0.414. The van der Waals surface area contributed by atoms with Gasteiger partial charge in [-0.1, -0.05) is 0 Å². The van der Waals surface area contributed by atoms with Crippen molar-refractivity contribution in [3.05, 3.63) is 0 Å². The first-order valence-electron chi connectivity index (χ1n) is 4.04. The topological polar surface area (TPSA) is 78.4 Å². The quantitative estimate of drug-likeness (QED) is 0.497. The number of amides is 2. The van der Waals surface area contributed by atoms with Crippen molar-refractivity contribution < 1.29 is 23.5 Å². The van der Waals surface area contributed by atoms with Gasteiger partial charge in [-0.25, -0.2) is 8.78 Å². The molecule has 80 valence electrons. The van der Waals surface area contributed by atoms with E-state index in [0.717, 1.165) is 0 Å². The summed E-state index contributed by atoms with van der Waals surface area (Å²) in [5.41, 5.74) is 0. The number of carbonyl (C=O) groups excluding carboxylic acids is 2. The Labute approximate surface area is 78.5 Å². The zero-order valence-electron chi connectivity index (χ0n) is 7.17. The van der Waals surface area contributed by atoms with Gasteiger partial charge < -0.3 is 10.4 Å². The molecule has 0 spiro atoms. The van der Waals surface area contributed by atoms with Gasteiger partial charge in [0.2, 0.25) is 11.8 Å². The number of hydrogen-bond donors (Lipinski definition) is 3. The first-order chi connectivity index (χ1) is 6.50. The number of aliphatic hydroxyl groups is 1. The van der Waals surface area contributed by atoms with Crippen molar-refractivity contribution in [2.24, 2.45) is 0 Å².